The van der Waals surface area contributed by atoms with Crippen LogP contribution in [-0.2, 0) is 14.3 Å². The summed E-state index contributed by atoms with van der Waals surface area (Å²) < 4.78 is 6.52. The first-order chi connectivity index (χ1) is 16.7. The average Bonchev–Trinajstić information content (AvgIpc) is 3.16. The van der Waals surface area contributed by atoms with Gasteiger partial charge < -0.3 is 9.64 Å². The Labute approximate surface area is 212 Å². The second-order valence-electron chi connectivity index (χ2n) is 12.5. The SMILES string of the molecule is CCCCN(CCCC)C(=O)O[C@@H]1C[C@]2(C)[C@@H](C(C)=O)CC[C@H]2[C@@H]2CCC3=CC(=O)CC[C@]3(C)[C@H]21. The number of rotatable bonds is 8. The molecular weight excluding hydrogens is 438 g/mol. The van der Waals surface area contributed by atoms with Crippen molar-refractivity contribution in [3.8, 4) is 0 Å². The summed E-state index contributed by atoms with van der Waals surface area (Å²) in [5.41, 5.74) is 1.06. The van der Waals surface area contributed by atoms with E-state index in [0.717, 1.165) is 77.3 Å². The van der Waals surface area contributed by atoms with Crippen molar-refractivity contribution < 1.29 is 19.1 Å². The Kier molecular flexibility index (Phi) is 7.83. The number of unbranched alkanes of at least 4 members (excludes halogenated alkanes) is 2. The van der Waals surface area contributed by atoms with Crippen LogP contribution in [0.1, 0.15) is 105 Å². The minimum atomic E-state index is -0.207. The minimum Gasteiger partial charge on any atom is -0.446 e. The Morgan fingerprint density at radius 2 is 1.74 bits per heavy atom. The Hall–Kier alpha value is -1.65. The lowest BCUT2D eigenvalue weighted by Crippen LogP contribution is -2.58. The van der Waals surface area contributed by atoms with E-state index in [1.165, 1.54) is 5.57 Å². The smallest absolute Gasteiger partial charge is 0.410 e. The molecule has 0 spiro atoms. The lowest BCUT2D eigenvalue weighted by atomic mass is 9.46. The van der Waals surface area contributed by atoms with E-state index < -0.39 is 0 Å². The molecule has 5 heteroatoms. The molecule has 0 heterocycles. The zero-order valence-electron chi connectivity index (χ0n) is 22.7. The Balaban J connectivity index is 1.68. The van der Waals surface area contributed by atoms with Gasteiger partial charge in [0.1, 0.15) is 11.9 Å². The molecule has 0 saturated heterocycles. The molecule has 0 bridgehead atoms. The van der Waals surface area contributed by atoms with Crippen LogP contribution in [-0.4, -0.2) is 41.8 Å². The molecule has 0 aromatic rings. The van der Waals surface area contributed by atoms with Crippen molar-refractivity contribution in [1.82, 2.24) is 4.90 Å². The van der Waals surface area contributed by atoms with Gasteiger partial charge in [0.05, 0.1) is 0 Å². The molecule has 5 nitrogen and oxygen atoms in total. The van der Waals surface area contributed by atoms with Crippen LogP contribution in [0.3, 0.4) is 0 Å². The molecule has 196 valence electrons. The zero-order valence-corrected chi connectivity index (χ0v) is 22.7. The fourth-order valence-electron chi connectivity index (χ4n) is 8.63. The molecule has 4 aliphatic carbocycles. The van der Waals surface area contributed by atoms with Crippen LogP contribution in [0, 0.1) is 34.5 Å². The predicted octanol–water partition coefficient (Wildman–Crippen LogP) is 6.74. The van der Waals surface area contributed by atoms with Gasteiger partial charge in [0.2, 0.25) is 0 Å². The van der Waals surface area contributed by atoms with Gasteiger partial charge in [-0.05, 0) is 87.0 Å². The fourth-order valence-corrected chi connectivity index (χ4v) is 8.63. The summed E-state index contributed by atoms with van der Waals surface area (Å²) in [6, 6.07) is 0. The molecule has 0 unspecified atom stereocenters. The summed E-state index contributed by atoms with van der Waals surface area (Å²) in [4.78, 5) is 40.5. The van der Waals surface area contributed by atoms with E-state index in [-0.39, 0.29) is 46.4 Å². The summed E-state index contributed by atoms with van der Waals surface area (Å²) in [7, 11) is 0. The largest absolute Gasteiger partial charge is 0.446 e. The van der Waals surface area contributed by atoms with Crippen molar-refractivity contribution in [1.29, 1.82) is 0 Å². The van der Waals surface area contributed by atoms with Crippen LogP contribution in [0.4, 0.5) is 4.79 Å². The van der Waals surface area contributed by atoms with Crippen molar-refractivity contribution in [3.63, 3.8) is 0 Å². The average molecular weight is 486 g/mol. The van der Waals surface area contributed by atoms with Gasteiger partial charge in [-0.1, -0.05) is 46.1 Å². The van der Waals surface area contributed by atoms with Gasteiger partial charge in [-0.3, -0.25) is 9.59 Å². The van der Waals surface area contributed by atoms with E-state index in [4.69, 9.17) is 4.74 Å². The maximum absolute atomic E-state index is 13.6. The molecular formula is C30H47NO4. The highest BCUT2D eigenvalue weighted by Gasteiger charge is 2.63. The number of ketones is 2. The van der Waals surface area contributed by atoms with Gasteiger partial charge in [-0.2, -0.15) is 0 Å². The van der Waals surface area contributed by atoms with Crippen LogP contribution in [0.5, 0.6) is 0 Å². The third-order valence-corrected chi connectivity index (χ3v) is 10.4. The van der Waals surface area contributed by atoms with E-state index in [0.29, 0.717) is 18.3 Å². The molecule has 0 aromatic heterocycles. The monoisotopic (exact) mass is 485 g/mol. The first-order valence-electron chi connectivity index (χ1n) is 14.4. The number of carbonyl (C=O) groups excluding carboxylic acids is 3. The molecule has 3 fully saturated rings. The third-order valence-electron chi connectivity index (χ3n) is 10.4. The number of nitrogens with zero attached hydrogens (tertiary/aromatic N) is 1. The number of amides is 1. The van der Waals surface area contributed by atoms with Gasteiger partial charge in [0, 0.05) is 31.3 Å². The summed E-state index contributed by atoms with van der Waals surface area (Å²) in [5, 5.41) is 0. The molecule has 4 aliphatic rings. The molecule has 3 saturated carbocycles. The molecule has 0 aliphatic heterocycles. The van der Waals surface area contributed by atoms with Crippen molar-refractivity contribution in [3.05, 3.63) is 11.6 Å². The number of hydrogen-bond donors (Lipinski definition) is 0. The van der Waals surface area contributed by atoms with Crippen LogP contribution >= 0.6 is 0 Å². The molecule has 1 amide bonds. The Morgan fingerprint density at radius 3 is 2.37 bits per heavy atom. The maximum atomic E-state index is 13.6. The van der Waals surface area contributed by atoms with Gasteiger partial charge in [0.25, 0.3) is 0 Å². The summed E-state index contributed by atoms with van der Waals surface area (Å²) in [6.07, 6.45) is 11.8. The highest BCUT2D eigenvalue weighted by Crippen LogP contribution is 2.67. The third kappa shape index (κ3) is 4.73. The Bertz CT molecular complexity index is 856. The van der Waals surface area contributed by atoms with Crippen LogP contribution in [0.2, 0.25) is 0 Å². The predicted molar refractivity (Wildman–Crippen MR) is 138 cm³/mol. The van der Waals surface area contributed by atoms with Gasteiger partial charge in [-0.15, -0.1) is 0 Å². The standard InChI is InChI=1S/C30H47NO4/c1-6-8-16-31(17-9-7-2)28(34)35-26-19-30(5)24(20(3)32)12-13-25(30)23-11-10-21-18-22(33)14-15-29(21,4)27(23)26/h18,23-27H,6-17,19H2,1-5H3/t23-,24+,25-,26+,27+,29-,30+/m0/s1. The van der Waals surface area contributed by atoms with Gasteiger partial charge >= 0.3 is 6.09 Å². The van der Waals surface area contributed by atoms with E-state index >= 15 is 0 Å². The lowest BCUT2D eigenvalue weighted by molar-refractivity contribution is -0.146. The lowest BCUT2D eigenvalue weighted by Gasteiger charge is -2.60. The van der Waals surface area contributed by atoms with E-state index in [9.17, 15) is 14.4 Å². The number of carbonyl (C=O) groups is 3. The number of ether oxygens (including phenoxy) is 1. The number of fused-ring (bicyclic) bond motifs is 5. The molecule has 4 rings (SSSR count). The first kappa shape index (κ1) is 26.4. The number of hydrogen-bond acceptors (Lipinski definition) is 4. The normalized spacial score (nSPS) is 38.1. The summed E-state index contributed by atoms with van der Waals surface area (Å²) in [5.74, 6) is 1.74. The second-order valence-corrected chi connectivity index (χ2v) is 12.5. The van der Waals surface area contributed by atoms with Crippen molar-refractivity contribution in [2.24, 2.45) is 34.5 Å². The van der Waals surface area contributed by atoms with E-state index in [1.54, 1.807) is 6.92 Å². The fraction of sp³-hybridized carbons (Fsp3) is 0.833. The topological polar surface area (TPSA) is 63.7 Å². The quantitative estimate of drug-likeness (QED) is 0.382. The molecule has 35 heavy (non-hydrogen) atoms. The highest BCUT2D eigenvalue weighted by atomic mass is 16.6. The number of Topliss-reactive ketones (excluding diaryl/α,β-unsaturated/α-hetero) is 1. The van der Waals surface area contributed by atoms with Crippen molar-refractivity contribution >= 4 is 17.7 Å². The van der Waals surface area contributed by atoms with Crippen molar-refractivity contribution in [2.45, 2.75) is 111 Å². The maximum Gasteiger partial charge on any atom is 0.410 e. The second kappa shape index (κ2) is 10.4. The zero-order chi connectivity index (χ0) is 25.4. The summed E-state index contributed by atoms with van der Waals surface area (Å²) >= 11 is 0. The van der Waals surface area contributed by atoms with Crippen LogP contribution < -0.4 is 0 Å². The molecule has 7 atom stereocenters. The van der Waals surface area contributed by atoms with Gasteiger partial charge in [-0.25, -0.2) is 4.79 Å². The number of allylic oxidation sites excluding steroid dienone is 1. The molecule has 0 aromatic carbocycles. The molecule has 0 N–H and O–H groups in total. The van der Waals surface area contributed by atoms with E-state index in [2.05, 4.69) is 27.7 Å². The molecule has 0 radical (unpaired) electrons. The summed E-state index contributed by atoms with van der Waals surface area (Å²) in [6.45, 7) is 12.2. The van der Waals surface area contributed by atoms with Crippen molar-refractivity contribution in [2.75, 3.05) is 13.1 Å². The van der Waals surface area contributed by atoms with Crippen LogP contribution in [0.15, 0.2) is 11.6 Å². The Morgan fingerprint density at radius 1 is 1.06 bits per heavy atom. The first-order valence-corrected chi connectivity index (χ1v) is 14.4. The van der Waals surface area contributed by atoms with Crippen LogP contribution in [0.25, 0.3) is 0 Å². The minimum absolute atomic E-state index is 0.0589. The highest BCUT2D eigenvalue weighted by molar-refractivity contribution is 5.91. The van der Waals surface area contributed by atoms with E-state index in [1.807, 2.05) is 11.0 Å². The van der Waals surface area contributed by atoms with Gasteiger partial charge in [0.15, 0.2) is 5.78 Å².